The molecule has 0 bridgehead atoms. The lowest BCUT2D eigenvalue weighted by molar-refractivity contribution is -0.141. The summed E-state index contributed by atoms with van der Waals surface area (Å²) in [5, 5.41) is 0. The maximum Gasteiger partial charge on any atom is 0.302 e. The zero-order valence-electron chi connectivity index (χ0n) is 16.3. The van der Waals surface area contributed by atoms with Gasteiger partial charge in [-0.3, -0.25) is 4.79 Å². The number of hydrogen-bond acceptors (Lipinski definition) is 4. The lowest BCUT2D eigenvalue weighted by Crippen LogP contribution is -2.38. The van der Waals surface area contributed by atoms with Gasteiger partial charge in [0.25, 0.3) is 0 Å². The Kier molecular flexibility index (Phi) is 10.5. The fourth-order valence-corrected chi connectivity index (χ4v) is 4.00. The second kappa shape index (κ2) is 12.1. The van der Waals surface area contributed by atoms with E-state index < -0.39 is 22.0 Å². The Hall–Kier alpha value is -1.40. The van der Waals surface area contributed by atoms with Crippen molar-refractivity contribution in [1.29, 1.82) is 0 Å². The summed E-state index contributed by atoms with van der Waals surface area (Å²) in [6.07, 6.45) is 8.76. The minimum atomic E-state index is -3.62. The van der Waals surface area contributed by atoms with Gasteiger partial charge in [0.2, 0.25) is 10.0 Å². The molecule has 5 nitrogen and oxygen atoms in total. The van der Waals surface area contributed by atoms with Crippen molar-refractivity contribution in [2.45, 2.75) is 83.1 Å². The van der Waals surface area contributed by atoms with Crippen molar-refractivity contribution >= 4 is 16.0 Å². The van der Waals surface area contributed by atoms with Crippen LogP contribution in [0.5, 0.6) is 0 Å². The molecule has 0 spiro atoms. The SMILES string of the molecule is CCCCCCCCCC(COC(C)=O)NS(=O)(=O)c1ccc(C)cc1. The van der Waals surface area contributed by atoms with E-state index >= 15 is 0 Å². The van der Waals surface area contributed by atoms with Gasteiger partial charge >= 0.3 is 5.97 Å². The quantitative estimate of drug-likeness (QED) is 0.406. The Bertz CT molecular complexity index is 626. The molecule has 0 heterocycles. The van der Waals surface area contributed by atoms with Gasteiger partial charge in [-0.15, -0.1) is 0 Å². The Morgan fingerprint density at radius 2 is 1.62 bits per heavy atom. The van der Waals surface area contributed by atoms with Gasteiger partial charge in [0.15, 0.2) is 0 Å². The van der Waals surface area contributed by atoms with Crippen LogP contribution in [-0.2, 0) is 19.6 Å². The van der Waals surface area contributed by atoms with E-state index in [-0.39, 0.29) is 11.5 Å². The molecule has 0 saturated carbocycles. The molecule has 1 N–H and O–H groups in total. The van der Waals surface area contributed by atoms with Gasteiger partial charge in [0.05, 0.1) is 10.9 Å². The van der Waals surface area contributed by atoms with E-state index in [1.165, 1.54) is 32.6 Å². The monoisotopic (exact) mass is 383 g/mol. The number of sulfonamides is 1. The average Bonchev–Trinajstić information content (AvgIpc) is 2.58. The highest BCUT2D eigenvalue weighted by molar-refractivity contribution is 7.89. The van der Waals surface area contributed by atoms with E-state index in [1.807, 2.05) is 6.92 Å². The number of unbranched alkanes of at least 4 members (excludes halogenated alkanes) is 6. The van der Waals surface area contributed by atoms with Crippen LogP contribution in [0.4, 0.5) is 0 Å². The number of benzene rings is 1. The van der Waals surface area contributed by atoms with Gasteiger partial charge in [-0.05, 0) is 25.5 Å². The van der Waals surface area contributed by atoms with Gasteiger partial charge in [0.1, 0.15) is 6.61 Å². The van der Waals surface area contributed by atoms with Crippen LogP contribution < -0.4 is 4.72 Å². The van der Waals surface area contributed by atoms with Gasteiger partial charge in [-0.25, -0.2) is 13.1 Å². The van der Waals surface area contributed by atoms with Crippen molar-refractivity contribution in [1.82, 2.24) is 4.72 Å². The summed E-state index contributed by atoms with van der Waals surface area (Å²) in [5.74, 6) is -0.399. The molecular formula is C20H33NO4S. The molecular weight excluding hydrogens is 350 g/mol. The molecule has 0 aliphatic rings. The number of rotatable bonds is 13. The van der Waals surface area contributed by atoms with Crippen molar-refractivity contribution in [2.75, 3.05) is 6.61 Å². The molecule has 1 rings (SSSR count). The van der Waals surface area contributed by atoms with E-state index in [1.54, 1.807) is 24.3 Å². The predicted octanol–water partition coefficient (Wildman–Crippen LogP) is 4.35. The molecule has 148 valence electrons. The zero-order chi connectivity index (χ0) is 19.4. The topological polar surface area (TPSA) is 72.5 Å². The minimum absolute atomic E-state index is 0.0657. The van der Waals surface area contributed by atoms with Crippen LogP contribution >= 0.6 is 0 Å². The van der Waals surface area contributed by atoms with Crippen molar-refractivity contribution in [3.05, 3.63) is 29.8 Å². The highest BCUT2D eigenvalue weighted by Crippen LogP contribution is 2.14. The molecule has 0 aliphatic heterocycles. The molecule has 6 heteroatoms. The number of aryl methyl sites for hydroxylation is 1. The van der Waals surface area contributed by atoms with E-state index in [0.717, 1.165) is 24.8 Å². The third-order valence-electron chi connectivity index (χ3n) is 4.30. The Morgan fingerprint density at radius 1 is 1.04 bits per heavy atom. The van der Waals surface area contributed by atoms with E-state index in [9.17, 15) is 13.2 Å². The summed E-state index contributed by atoms with van der Waals surface area (Å²) in [6, 6.07) is 6.32. The van der Waals surface area contributed by atoms with Gasteiger partial charge in [0, 0.05) is 6.92 Å². The molecule has 0 saturated heterocycles. The first-order valence-corrected chi connectivity index (χ1v) is 11.1. The first-order valence-electron chi connectivity index (χ1n) is 9.57. The highest BCUT2D eigenvalue weighted by atomic mass is 32.2. The lowest BCUT2D eigenvalue weighted by Gasteiger charge is -2.18. The third-order valence-corrected chi connectivity index (χ3v) is 5.83. The molecule has 0 radical (unpaired) electrons. The van der Waals surface area contributed by atoms with Crippen LogP contribution in [0.2, 0.25) is 0 Å². The van der Waals surface area contributed by atoms with Crippen LogP contribution in [0.25, 0.3) is 0 Å². The minimum Gasteiger partial charge on any atom is -0.464 e. The molecule has 1 atom stereocenters. The molecule has 1 aromatic carbocycles. The summed E-state index contributed by atoms with van der Waals surface area (Å²) in [6.45, 7) is 5.50. The molecule has 26 heavy (non-hydrogen) atoms. The zero-order valence-corrected chi connectivity index (χ0v) is 17.1. The Morgan fingerprint density at radius 3 is 2.19 bits per heavy atom. The largest absolute Gasteiger partial charge is 0.464 e. The number of ether oxygens (including phenoxy) is 1. The second-order valence-corrected chi connectivity index (χ2v) is 8.56. The van der Waals surface area contributed by atoms with Crippen LogP contribution in [0.3, 0.4) is 0 Å². The van der Waals surface area contributed by atoms with Crippen molar-refractivity contribution in [3.8, 4) is 0 Å². The summed E-state index contributed by atoms with van der Waals surface area (Å²) >= 11 is 0. The smallest absolute Gasteiger partial charge is 0.302 e. The van der Waals surface area contributed by atoms with Crippen LogP contribution in [0.15, 0.2) is 29.2 Å². The number of hydrogen-bond donors (Lipinski definition) is 1. The third kappa shape index (κ3) is 9.34. The highest BCUT2D eigenvalue weighted by Gasteiger charge is 2.20. The first kappa shape index (κ1) is 22.6. The van der Waals surface area contributed by atoms with Crippen molar-refractivity contribution in [3.63, 3.8) is 0 Å². The summed E-state index contributed by atoms with van der Waals surface area (Å²) in [4.78, 5) is 11.3. The maximum absolute atomic E-state index is 12.6. The first-order chi connectivity index (χ1) is 12.3. The molecule has 1 aromatic rings. The molecule has 0 aromatic heterocycles. The predicted molar refractivity (Wildman–Crippen MR) is 105 cm³/mol. The van der Waals surface area contributed by atoms with E-state index in [2.05, 4.69) is 11.6 Å². The van der Waals surface area contributed by atoms with Crippen molar-refractivity contribution in [2.24, 2.45) is 0 Å². The standard InChI is InChI=1S/C20H33NO4S/c1-4-5-6-7-8-9-10-11-19(16-25-18(3)22)21-26(23,24)20-14-12-17(2)13-15-20/h12-15,19,21H,4-11,16H2,1-3H3. The summed E-state index contributed by atoms with van der Waals surface area (Å²) in [5.41, 5.74) is 1.00. The molecule has 1 unspecified atom stereocenters. The van der Waals surface area contributed by atoms with Crippen LogP contribution in [-0.4, -0.2) is 27.0 Å². The number of nitrogens with one attached hydrogen (secondary N) is 1. The Balaban J connectivity index is 2.56. The number of carbonyl (C=O) groups excluding carboxylic acids is 1. The Labute approximate surface area is 158 Å². The lowest BCUT2D eigenvalue weighted by atomic mass is 10.1. The summed E-state index contributed by atoms with van der Waals surface area (Å²) < 4.78 is 32.8. The van der Waals surface area contributed by atoms with Crippen LogP contribution in [0, 0.1) is 6.92 Å². The van der Waals surface area contributed by atoms with Crippen LogP contribution in [0.1, 0.15) is 70.8 Å². The normalized spacial score (nSPS) is 12.7. The summed E-state index contributed by atoms with van der Waals surface area (Å²) in [7, 11) is -3.62. The van der Waals surface area contributed by atoms with Gasteiger partial charge < -0.3 is 4.74 Å². The van der Waals surface area contributed by atoms with Gasteiger partial charge in [-0.1, -0.05) is 69.6 Å². The molecule has 0 aliphatic carbocycles. The van der Waals surface area contributed by atoms with E-state index in [4.69, 9.17) is 4.74 Å². The number of esters is 1. The fraction of sp³-hybridized carbons (Fsp3) is 0.650. The maximum atomic E-state index is 12.6. The average molecular weight is 384 g/mol. The van der Waals surface area contributed by atoms with E-state index in [0.29, 0.717) is 6.42 Å². The second-order valence-electron chi connectivity index (χ2n) is 6.84. The molecule has 0 amide bonds. The number of carbonyl (C=O) groups is 1. The van der Waals surface area contributed by atoms with Gasteiger partial charge in [-0.2, -0.15) is 0 Å². The van der Waals surface area contributed by atoms with Crippen molar-refractivity contribution < 1.29 is 17.9 Å². The molecule has 0 fully saturated rings. The fourth-order valence-electron chi connectivity index (χ4n) is 2.75.